The summed E-state index contributed by atoms with van der Waals surface area (Å²) in [6.45, 7) is 5.86. The van der Waals surface area contributed by atoms with Crippen molar-refractivity contribution >= 4 is 5.97 Å². The van der Waals surface area contributed by atoms with E-state index in [2.05, 4.69) is 0 Å². The Bertz CT molecular complexity index is 303. The summed E-state index contributed by atoms with van der Waals surface area (Å²) in [6, 6.07) is 6.65. The van der Waals surface area contributed by atoms with Gasteiger partial charge in [0.25, 0.3) is 0 Å². The van der Waals surface area contributed by atoms with E-state index in [1.807, 2.05) is 20.8 Å². The van der Waals surface area contributed by atoms with Crippen molar-refractivity contribution in [1.82, 2.24) is 0 Å². The van der Waals surface area contributed by atoms with E-state index in [1.54, 1.807) is 24.3 Å². The second-order valence-corrected chi connectivity index (χ2v) is 3.31. The van der Waals surface area contributed by atoms with Crippen molar-refractivity contribution in [2.45, 2.75) is 33.6 Å². The molecule has 0 amide bonds. The van der Waals surface area contributed by atoms with Crippen molar-refractivity contribution in [3.05, 3.63) is 29.8 Å². The van der Waals surface area contributed by atoms with Gasteiger partial charge in [-0.1, -0.05) is 32.9 Å². The van der Waals surface area contributed by atoms with E-state index >= 15 is 0 Å². The molecule has 0 aliphatic rings. The number of aliphatic carboxylic acids is 1. The van der Waals surface area contributed by atoms with Crippen LogP contribution < -0.4 is 0 Å². The van der Waals surface area contributed by atoms with Crippen LogP contribution in [0, 0.1) is 5.92 Å². The molecular formula is C13H20O3. The summed E-state index contributed by atoms with van der Waals surface area (Å²) in [5.41, 5.74) is 0.942. The second kappa shape index (κ2) is 7.74. The number of hydrogen-bond acceptors (Lipinski definition) is 2. The van der Waals surface area contributed by atoms with Crippen LogP contribution >= 0.6 is 0 Å². The van der Waals surface area contributed by atoms with Crippen molar-refractivity contribution < 1.29 is 15.0 Å². The van der Waals surface area contributed by atoms with Gasteiger partial charge in [-0.05, 0) is 30.5 Å². The van der Waals surface area contributed by atoms with Gasteiger partial charge in [0, 0.05) is 0 Å². The number of carboxylic acid groups (broad SMARTS) is 1. The molecule has 0 saturated carbocycles. The molecule has 2 N–H and O–H groups in total. The summed E-state index contributed by atoms with van der Waals surface area (Å²) < 4.78 is 0. The number of aromatic hydroxyl groups is 1. The highest BCUT2D eigenvalue weighted by Gasteiger charge is 2.15. The predicted octanol–water partition coefficient (Wildman–Crippen LogP) is 3.07. The SMILES string of the molecule is CC.CCC(Cc1ccc(O)cc1)C(=O)O. The van der Waals surface area contributed by atoms with Crippen LogP contribution in [-0.2, 0) is 11.2 Å². The molecule has 0 aliphatic heterocycles. The fourth-order valence-corrected chi connectivity index (χ4v) is 1.32. The van der Waals surface area contributed by atoms with Gasteiger partial charge < -0.3 is 10.2 Å². The quantitative estimate of drug-likeness (QED) is 0.826. The average Bonchev–Trinajstić information content (AvgIpc) is 2.30. The Kier molecular flexibility index (Phi) is 7.01. The maximum absolute atomic E-state index is 10.8. The average molecular weight is 224 g/mol. The van der Waals surface area contributed by atoms with Gasteiger partial charge in [-0.15, -0.1) is 0 Å². The largest absolute Gasteiger partial charge is 0.508 e. The van der Waals surface area contributed by atoms with E-state index in [0.717, 1.165) is 5.56 Å². The fraction of sp³-hybridized carbons (Fsp3) is 0.462. The molecule has 1 rings (SSSR count). The van der Waals surface area contributed by atoms with Crippen LogP contribution in [0.3, 0.4) is 0 Å². The van der Waals surface area contributed by atoms with E-state index in [9.17, 15) is 4.79 Å². The summed E-state index contributed by atoms with van der Waals surface area (Å²) in [5.74, 6) is -0.891. The van der Waals surface area contributed by atoms with Gasteiger partial charge in [0.05, 0.1) is 5.92 Å². The van der Waals surface area contributed by atoms with Gasteiger partial charge in [0.1, 0.15) is 5.75 Å². The third kappa shape index (κ3) is 4.82. The van der Waals surface area contributed by atoms with E-state index in [4.69, 9.17) is 10.2 Å². The summed E-state index contributed by atoms with van der Waals surface area (Å²) in [7, 11) is 0. The van der Waals surface area contributed by atoms with Crippen LogP contribution in [-0.4, -0.2) is 16.2 Å². The number of carboxylic acids is 1. The Morgan fingerprint density at radius 2 is 1.75 bits per heavy atom. The first kappa shape index (κ1) is 14.5. The van der Waals surface area contributed by atoms with E-state index in [1.165, 1.54) is 0 Å². The van der Waals surface area contributed by atoms with Crippen LogP contribution in [0.1, 0.15) is 32.8 Å². The molecular weight excluding hydrogens is 204 g/mol. The zero-order valence-electron chi connectivity index (χ0n) is 10.1. The van der Waals surface area contributed by atoms with Crippen LogP contribution in [0.4, 0.5) is 0 Å². The topological polar surface area (TPSA) is 57.5 Å². The number of carbonyl (C=O) groups is 1. The lowest BCUT2D eigenvalue weighted by molar-refractivity contribution is -0.141. The molecule has 0 fully saturated rings. The molecule has 0 radical (unpaired) electrons. The number of benzene rings is 1. The highest BCUT2D eigenvalue weighted by molar-refractivity contribution is 5.70. The molecule has 90 valence electrons. The van der Waals surface area contributed by atoms with Crippen molar-refractivity contribution in [3.63, 3.8) is 0 Å². The molecule has 3 nitrogen and oxygen atoms in total. The zero-order valence-corrected chi connectivity index (χ0v) is 10.1. The monoisotopic (exact) mass is 224 g/mol. The highest BCUT2D eigenvalue weighted by Crippen LogP contribution is 2.15. The minimum absolute atomic E-state index is 0.206. The fourth-order valence-electron chi connectivity index (χ4n) is 1.32. The normalized spacial score (nSPS) is 11.2. The Labute approximate surface area is 96.7 Å². The molecule has 0 heterocycles. The summed E-state index contributed by atoms with van der Waals surface area (Å²) in [6.07, 6.45) is 1.14. The summed E-state index contributed by atoms with van der Waals surface area (Å²) >= 11 is 0. The molecule has 1 atom stereocenters. The minimum atomic E-state index is -0.763. The van der Waals surface area contributed by atoms with E-state index in [-0.39, 0.29) is 11.7 Å². The molecule has 0 bridgehead atoms. The Hall–Kier alpha value is -1.51. The van der Waals surface area contributed by atoms with Gasteiger partial charge in [-0.3, -0.25) is 4.79 Å². The molecule has 1 aromatic carbocycles. The van der Waals surface area contributed by atoms with Crippen molar-refractivity contribution in [1.29, 1.82) is 0 Å². The van der Waals surface area contributed by atoms with Crippen LogP contribution in [0.15, 0.2) is 24.3 Å². The van der Waals surface area contributed by atoms with Gasteiger partial charge in [0.15, 0.2) is 0 Å². The van der Waals surface area contributed by atoms with E-state index < -0.39 is 5.97 Å². The minimum Gasteiger partial charge on any atom is -0.508 e. The molecule has 16 heavy (non-hydrogen) atoms. The first-order valence-electron chi connectivity index (χ1n) is 5.64. The molecule has 1 aromatic rings. The zero-order chi connectivity index (χ0) is 12.6. The second-order valence-electron chi connectivity index (χ2n) is 3.31. The summed E-state index contributed by atoms with van der Waals surface area (Å²) in [5, 5.41) is 17.9. The van der Waals surface area contributed by atoms with Crippen LogP contribution in [0.25, 0.3) is 0 Å². The van der Waals surface area contributed by atoms with Crippen LogP contribution in [0.5, 0.6) is 5.75 Å². The van der Waals surface area contributed by atoms with Gasteiger partial charge in [0.2, 0.25) is 0 Å². The number of phenols is 1. The van der Waals surface area contributed by atoms with Gasteiger partial charge >= 0.3 is 5.97 Å². The number of hydrogen-bond donors (Lipinski definition) is 2. The number of phenolic OH excluding ortho intramolecular Hbond substituents is 1. The molecule has 0 aromatic heterocycles. The third-order valence-corrected chi connectivity index (χ3v) is 2.26. The molecule has 1 unspecified atom stereocenters. The van der Waals surface area contributed by atoms with Crippen LogP contribution in [0.2, 0.25) is 0 Å². The lowest BCUT2D eigenvalue weighted by atomic mass is 9.97. The van der Waals surface area contributed by atoms with Crippen molar-refractivity contribution in [2.24, 2.45) is 5.92 Å². The first-order valence-corrected chi connectivity index (χ1v) is 5.64. The predicted molar refractivity (Wildman–Crippen MR) is 64.6 cm³/mol. The Morgan fingerprint density at radius 1 is 1.25 bits per heavy atom. The maximum atomic E-state index is 10.8. The molecule has 0 spiro atoms. The molecule has 0 aliphatic carbocycles. The van der Waals surface area contributed by atoms with Crippen molar-refractivity contribution in [2.75, 3.05) is 0 Å². The standard InChI is InChI=1S/C11H14O3.C2H6/c1-2-9(11(13)14)7-8-3-5-10(12)6-4-8;1-2/h3-6,9,12H,2,7H2,1H3,(H,13,14);1-2H3. The lowest BCUT2D eigenvalue weighted by Crippen LogP contribution is -2.15. The highest BCUT2D eigenvalue weighted by atomic mass is 16.4. The van der Waals surface area contributed by atoms with Gasteiger partial charge in [-0.25, -0.2) is 0 Å². The Balaban J connectivity index is 0.00000106. The Morgan fingerprint density at radius 3 is 2.12 bits per heavy atom. The van der Waals surface area contributed by atoms with Gasteiger partial charge in [-0.2, -0.15) is 0 Å². The third-order valence-electron chi connectivity index (χ3n) is 2.26. The van der Waals surface area contributed by atoms with Crippen molar-refractivity contribution in [3.8, 4) is 5.75 Å². The number of rotatable bonds is 4. The first-order chi connectivity index (χ1) is 7.63. The smallest absolute Gasteiger partial charge is 0.306 e. The molecule has 3 heteroatoms. The molecule has 0 saturated heterocycles. The lowest BCUT2D eigenvalue weighted by Gasteiger charge is -2.09. The van der Waals surface area contributed by atoms with E-state index in [0.29, 0.717) is 12.8 Å². The summed E-state index contributed by atoms with van der Waals surface area (Å²) in [4.78, 5) is 10.8. The maximum Gasteiger partial charge on any atom is 0.306 e.